The van der Waals surface area contributed by atoms with Gasteiger partial charge in [-0.15, -0.1) is 0 Å². The lowest BCUT2D eigenvalue weighted by atomic mass is 9.97. The van der Waals surface area contributed by atoms with Crippen molar-refractivity contribution in [3.63, 3.8) is 0 Å². The number of likely N-dealkylation sites (tertiary alicyclic amines) is 1. The van der Waals surface area contributed by atoms with Gasteiger partial charge in [-0.1, -0.05) is 0 Å². The molecule has 0 saturated carbocycles. The minimum Gasteiger partial charge on any atom is -0.444 e. The van der Waals surface area contributed by atoms with Crippen LogP contribution >= 0.6 is 0 Å². The van der Waals surface area contributed by atoms with Gasteiger partial charge in [0, 0.05) is 20.1 Å². The van der Waals surface area contributed by atoms with E-state index < -0.39 is 5.82 Å². The van der Waals surface area contributed by atoms with Gasteiger partial charge in [-0.25, -0.2) is 13.8 Å². The fraction of sp³-hybridized carbons (Fsp3) is 0.545. The molecule has 1 fully saturated rings. The van der Waals surface area contributed by atoms with E-state index in [1.807, 2.05) is 13.8 Å². The maximum Gasteiger partial charge on any atom is 0.208 e. The average Bonchev–Trinajstić information content (AvgIpc) is 3.05. The highest BCUT2D eigenvalue weighted by Crippen LogP contribution is 2.19. The number of halogens is 2. The topological polar surface area (TPSA) is 65.7 Å². The molecule has 2 N–H and O–H groups in total. The van der Waals surface area contributed by atoms with Gasteiger partial charge >= 0.3 is 0 Å². The van der Waals surface area contributed by atoms with E-state index in [2.05, 4.69) is 25.5 Å². The summed E-state index contributed by atoms with van der Waals surface area (Å²) in [6, 6.07) is 3.53. The summed E-state index contributed by atoms with van der Waals surface area (Å²) in [7, 11) is 1.71. The number of oxazole rings is 1. The molecule has 0 amide bonds. The van der Waals surface area contributed by atoms with E-state index in [1.54, 1.807) is 7.05 Å². The first-order chi connectivity index (χ1) is 14.4. The number of benzene rings is 1. The molecule has 30 heavy (non-hydrogen) atoms. The Morgan fingerprint density at radius 1 is 1.23 bits per heavy atom. The SMILES string of the molecule is CN=C(NCCc1cc(F)ccc1F)NCC1CCN(Cc2nc(C)c(C)o2)CC1. The zero-order valence-corrected chi connectivity index (χ0v) is 18.0. The van der Waals surface area contributed by atoms with E-state index in [0.29, 0.717) is 30.4 Å². The summed E-state index contributed by atoms with van der Waals surface area (Å²) in [6.07, 6.45) is 2.58. The van der Waals surface area contributed by atoms with Crippen LogP contribution < -0.4 is 10.6 Å². The van der Waals surface area contributed by atoms with E-state index >= 15 is 0 Å². The first kappa shape index (κ1) is 22.2. The Labute approximate surface area is 176 Å². The number of aliphatic imine (C=N–C) groups is 1. The van der Waals surface area contributed by atoms with Crippen LogP contribution in [0.3, 0.4) is 0 Å². The molecule has 1 aromatic heterocycles. The lowest BCUT2D eigenvalue weighted by Crippen LogP contribution is -2.43. The Hall–Kier alpha value is -2.48. The van der Waals surface area contributed by atoms with Crippen LogP contribution in [0.25, 0.3) is 0 Å². The second-order valence-corrected chi connectivity index (χ2v) is 7.83. The number of hydrogen-bond donors (Lipinski definition) is 2. The van der Waals surface area contributed by atoms with Gasteiger partial charge in [0.15, 0.2) is 5.96 Å². The van der Waals surface area contributed by atoms with Crippen molar-refractivity contribution >= 4 is 5.96 Å². The number of hydrogen-bond acceptors (Lipinski definition) is 4. The molecule has 2 heterocycles. The molecule has 3 rings (SSSR count). The molecule has 1 aliphatic rings. The van der Waals surface area contributed by atoms with E-state index in [1.165, 1.54) is 6.07 Å². The van der Waals surface area contributed by atoms with Gasteiger partial charge in [0.25, 0.3) is 0 Å². The fourth-order valence-corrected chi connectivity index (χ4v) is 3.66. The molecule has 0 atom stereocenters. The van der Waals surface area contributed by atoms with Gasteiger partial charge in [-0.3, -0.25) is 9.89 Å². The van der Waals surface area contributed by atoms with E-state index in [0.717, 1.165) is 68.5 Å². The highest BCUT2D eigenvalue weighted by Gasteiger charge is 2.21. The standard InChI is InChI=1S/C22H31F2N5O/c1-15-16(2)30-21(28-15)14-29-10-7-17(8-11-29)13-27-22(25-3)26-9-6-18-12-19(23)4-5-20(18)24/h4-5,12,17H,6-11,13-14H2,1-3H3,(H2,25,26,27). The third-order valence-corrected chi connectivity index (χ3v) is 5.62. The zero-order valence-electron chi connectivity index (χ0n) is 18.0. The zero-order chi connectivity index (χ0) is 21.5. The van der Waals surface area contributed by atoms with Crippen LogP contribution in [0.1, 0.15) is 35.7 Å². The number of nitrogens with zero attached hydrogens (tertiary/aromatic N) is 3. The monoisotopic (exact) mass is 419 g/mol. The fourth-order valence-electron chi connectivity index (χ4n) is 3.66. The molecule has 8 heteroatoms. The second kappa shape index (κ2) is 10.5. The normalized spacial score (nSPS) is 16.1. The quantitative estimate of drug-likeness (QED) is 0.533. The Morgan fingerprint density at radius 3 is 2.67 bits per heavy atom. The molecule has 0 radical (unpaired) electrons. The molecule has 1 aromatic carbocycles. The Balaban J connectivity index is 1.36. The summed E-state index contributed by atoms with van der Waals surface area (Å²) in [6.45, 7) is 8.01. The van der Waals surface area contributed by atoms with Crippen LogP contribution in [0.15, 0.2) is 27.6 Å². The van der Waals surface area contributed by atoms with Crippen molar-refractivity contribution in [2.45, 2.75) is 39.7 Å². The second-order valence-electron chi connectivity index (χ2n) is 7.83. The van der Waals surface area contributed by atoms with E-state index in [4.69, 9.17) is 4.42 Å². The van der Waals surface area contributed by atoms with Crippen molar-refractivity contribution in [2.75, 3.05) is 33.2 Å². The van der Waals surface area contributed by atoms with Crippen LogP contribution in [0.2, 0.25) is 0 Å². The highest BCUT2D eigenvalue weighted by molar-refractivity contribution is 5.79. The van der Waals surface area contributed by atoms with Gasteiger partial charge in [-0.05, 0) is 75.9 Å². The lowest BCUT2D eigenvalue weighted by molar-refractivity contribution is 0.164. The van der Waals surface area contributed by atoms with Crippen molar-refractivity contribution < 1.29 is 13.2 Å². The van der Waals surface area contributed by atoms with Crippen LogP contribution in [0.5, 0.6) is 0 Å². The Morgan fingerprint density at radius 2 is 2.00 bits per heavy atom. The smallest absolute Gasteiger partial charge is 0.208 e. The van der Waals surface area contributed by atoms with Gasteiger partial charge in [0.1, 0.15) is 17.4 Å². The predicted molar refractivity (Wildman–Crippen MR) is 113 cm³/mol. The van der Waals surface area contributed by atoms with Gasteiger partial charge in [-0.2, -0.15) is 0 Å². The molecule has 6 nitrogen and oxygen atoms in total. The predicted octanol–water partition coefficient (Wildman–Crippen LogP) is 3.19. The summed E-state index contributed by atoms with van der Waals surface area (Å²) in [5.41, 5.74) is 1.32. The van der Waals surface area contributed by atoms with Gasteiger partial charge < -0.3 is 15.1 Å². The molecule has 0 aliphatic carbocycles. The molecule has 0 bridgehead atoms. The average molecular weight is 420 g/mol. The van der Waals surface area contributed by atoms with Gasteiger partial charge in [0.05, 0.1) is 12.2 Å². The third-order valence-electron chi connectivity index (χ3n) is 5.62. The molecule has 2 aromatic rings. The summed E-state index contributed by atoms with van der Waals surface area (Å²) < 4.78 is 32.6. The van der Waals surface area contributed by atoms with Gasteiger partial charge in [0.2, 0.25) is 5.89 Å². The first-order valence-electron chi connectivity index (χ1n) is 10.5. The van der Waals surface area contributed by atoms with Crippen LogP contribution in [-0.4, -0.2) is 49.1 Å². The highest BCUT2D eigenvalue weighted by atomic mass is 19.1. The van der Waals surface area contributed by atoms with Crippen molar-refractivity contribution in [2.24, 2.45) is 10.9 Å². The number of aryl methyl sites for hydroxylation is 2. The summed E-state index contributed by atoms with van der Waals surface area (Å²) >= 11 is 0. The van der Waals surface area contributed by atoms with Crippen LogP contribution in [-0.2, 0) is 13.0 Å². The maximum atomic E-state index is 13.7. The lowest BCUT2D eigenvalue weighted by Gasteiger charge is -2.31. The number of rotatable bonds is 7. The van der Waals surface area contributed by atoms with Crippen LogP contribution in [0.4, 0.5) is 8.78 Å². The number of nitrogens with one attached hydrogen (secondary N) is 2. The molecule has 0 unspecified atom stereocenters. The molecular formula is C22H31F2N5O. The number of aromatic nitrogens is 1. The molecular weight excluding hydrogens is 388 g/mol. The third kappa shape index (κ3) is 6.26. The maximum absolute atomic E-state index is 13.7. The summed E-state index contributed by atoms with van der Waals surface area (Å²) in [5, 5.41) is 6.52. The van der Waals surface area contributed by atoms with E-state index in [-0.39, 0.29) is 5.82 Å². The largest absolute Gasteiger partial charge is 0.444 e. The Bertz CT molecular complexity index is 840. The number of guanidine groups is 1. The number of piperidine rings is 1. The molecule has 1 saturated heterocycles. The van der Waals surface area contributed by atoms with Crippen molar-refractivity contribution in [3.8, 4) is 0 Å². The molecule has 0 spiro atoms. The van der Waals surface area contributed by atoms with Crippen molar-refractivity contribution in [1.29, 1.82) is 0 Å². The first-order valence-corrected chi connectivity index (χ1v) is 10.5. The van der Waals surface area contributed by atoms with E-state index in [9.17, 15) is 8.78 Å². The van der Waals surface area contributed by atoms with Crippen molar-refractivity contribution in [3.05, 3.63) is 52.7 Å². The minimum absolute atomic E-state index is 0.363. The van der Waals surface area contributed by atoms with Crippen LogP contribution in [0, 0.1) is 31.4 Å². The molecule has 1 aliphatic heterocycles. The Kier molecular flexibility index (Phi) is 7.79. The molecule has 164 valence electrons. The van der Waals surface area contributed by atoms with Crippen molar-refractivity contribution in [1.82, 2.24) is 20.5 Å². The summed E-state index contributed by atoms with van der Waals surface area (Å²) in [5.74, 6) is 2.12. The summed E-state index contributed by atoms with van der Waals surface area (Å²) in [4.78, 5) is 11.1. The minimum atomic E-state index is -0.423.